The van der Waals surface area contributed by atoms with Crippen LogP contribution >= 0.6 is 0 Å². The maximum atomic E-state index is 5.89. The largest absolute Gasteiger partial charge is 0.397 e. The van der Waals surface area contributed by atoms with Crippen molar-refractivity contribution in [3.63, 3.8) is 0 Å². The minimum atomic E-state index is 0.599. The highest BCUT2D eigenvalue weighted by molar-refractivity contribution is 5.71. The first-order valence-corrected chi connectivity index (χ1v) is 5.27. The van der Waals surface area contributed by atoms with Crippen LogP contribution in [0.15, 0.2) is 36.8 Å². The lowest BCUT2D eigenvalue weighted by molar-refractivity contribution is 1.11. The van der Waals surface area contributed by atoms with Gasteiger partial charge < -0.3 is 5.73 Å². The number of anilines is 1. The molecule has 5 nitrogen and oxygen atoms in total. The predicted molar refractivity (Wildman–Crippen MR) is 65.4 cm³/mol. The average Bonchev–Trinajstić information content (AvgIpc) is 2.72. The number of nitrogen functional groups attached to an aromatic ring is 1. The third-order valence-corrected chi connectivity index (χ3v) is 2.66. The van der Waals surface area contributed by atoms with Crippen molar-refractivity contribution >= 4 is 11.3 Å². The molecule has 0 aliphatic rings. The van der Waals surface area contributed by atoms with Gasteiger partial charge in [-0.05, 0) is 30.7 Å². The van der Waals surface area contributed by atoms with E-state index >= 15 is 0 Å². The molecular weight excluding hydrogens is 214 g/mol. The van der Waals surface area contributed by atoms with Gasteiger partial charge in [-0.2, -0.15) is 0 Å². The summed E-state index contributed by atoms with van der Waals surface area (Å²) >= 11 is 0. The fourth-order valence-electron chi connectivity index (χ4n) is 1.79. The monoisotopic (exact) mass is 225 g/mol. The van der Waals surface area contributed by atoms with Crippen LogP contribution < -0.4 is 5.73 Å². The van der Waals surface area contributed by atoms with E-state index in [1.807, 2.05) is 35.7 Å². The number of rotatable bonds is 1. The molecule has 0 saturated heterocycles. The van der Waals surface area contributed by atoms with Gasteiger partial charge in [0.2, 0.25) is 0 Å². The Labute approximate surface area is 97.9 Å². The summed E-state index contributed by atoms with van der Waals surface area (Å²) in [5.41, 5.74) is 9.30. The van der Waals surface area contributed by atoms with Crippen LogP contribution in [0.4, 0.5) is 5.69 Å². The van der Waals surface area contributed by atoms with Crippen LogP contribution in [0, 0.1) is 6.92 Å². The Balaban J connectivity index is 2.29. The molecule has 0 bridgehead atoms. The van der Waals surface area contributed by atoms with Gasteiger partial charge in [0.15, 0.2) is 11.5 Å². The Morgan fingerprint density at radius 2 is 2.12 bits per heavy atom. The lowest BCUT2D eigenvalue weighted by atomic mass is 10.2. The van der Waals surface area contributed by atoms with Gasteiger partial charge in [0.1, 0.15) is 0 Å². The average molecular weight is 225 g/mol. The quantitative estimate of drug-likeness (QED) is 0.684. The lowest BCUT2D eigenvalue weighted by Crippen LogP contribution is -1.95. The second-order valence-electron chi connectivity index (χ2n) is 3.92. The molecule has 0 aliphatic heterocycles. The number of hydrogen-bond acceptors (Lipinski definition) is 4. The molecule has 2 N–H and O–H groups in total. The summed E-state index contributed by atoms with van der Waals surface area (Å²) < 4.78 is 1.92. The summed E-state index contributed by atoms with van der Waals surface area (Å²) in [7, 11) is 0. The van der Waals surface area contributed by atoms with Gasteiger partial charge in [-0.3, -0.25) is 9.38 Å². The number of aryl methyl sites for hydroxylation is 1. The standard InChI is InChI=1S/C12H11N5/c1-8-3-5-17-11(6-8)15-16-12(17)9-2-4-14-7-10(9)13/h2-7H,13H2,1H3. The van der Waals surface area contributed by atoms with E-state index in [0.29, 0.717) is 5.69 Å². The molecule has 3 heterocycles. The maximum Gasteiger partial charge on any atom is 0.170 e. The lowest BCUT2D eigenvalue weighted by Gasteiger charge is -2.02. The second kappa shape index (κ2) is 3.55. The van der Waals surface area contributed by atoms with Crippen LogP contribution in [0.1, 0.15) is 5.56 Å². The third-order valence-electron chi connectivity index (χ3n) is 2.66. The molecule has 0 radical (unpaired) electrons. The first-order chi connectivity index (χ1) is 8.25. The van der Waals surface area contributed by atoms with E-state index in [1.54, 1.807) is 12.4 Å². The molecule has 3 rings (SSSR count). The van der Waals surface area contributed by atoms with Crippen molar-refractivity contribution in [1.29, 1.82) is 0 Å². The van der Waals surface area contributed by atoms with Crippen LogP contribution in [0.3, 0.4) is 0 Å². The molecule has 0 spiro atoms. The summed E-state index contributed by atoms with van der Waals surface area (Å²) in [6, 6.07) is 5.83. The zero-order valence-corrected chi connectivity index (χ0v) is 9.33. The first-order valence-electron chi connectivity index (χ1n) is 5.27. The number of pyridine rings is 2. The van der Waals surface area contributed by atoms with E-state index < -0.39 is 0 Å². The Hall–Kier alpha value is -2.43. The highest BCUT2D eigenvalue weighted by atomic mass is 15.2. The van der Waals surface area contributed by atoms with Crippen molar-refractivity contribution in [3.05, 3.63) is 42.4 Å². The minimum absolute atomic E-state index is 0.599. The molecule has 0 aliphatic carbocycles. The molecular formula is C12H11N5. The number of hydrogen-bond donors (Lipinski definition) is 1. The number of nitrogens with zero attached hydrogens (tertiary/aromatic N) is 4. The molecule has 0 aromatic carbocycles. The third kappa shape index (κ3) is 1.52. The van der Waals surface area contributed by atoms with E-state index in [4.69, 9.17) is 5.73 Å². The molecule has 0 fully saturated rings. The summed E-state index contributed by atoms with van der Waals surface area (Å²) in [4.78, 5) is 3.97. The van der Waals surface area contributed by atoms with Gasteiger partial charge in [0.05, 0.1) is 11.9 Å². The maximum absolute atomic E-state index is 5.89. The van der Waals surface area contributed by atoms with Crippen molar-refractivity contribution in [1.82, 2.24) is 19.6 Å². The van der Waals surface area contributed by atoms with Gasteiger partial charge in [-0.25, -0.2) is 0 Å². The molecule has 0 saturated carbocycles. The van der Waals surface area contributed by atoms with Gasteiger partial charge in [0.25, 0.3) is 0 Å². The van der Waals surface area contributed by atoms with Crippen LogP contribution in [-0.4, -0.2) is 19.6 Å². The molecule has 84 valence electrons. The molecule has 3 aromatic heterocycles. The number of fused-ring (bicyclic) bond motifs is 1. The second-order valence-corrected chi connectivity index (χ2v) is 3.92. The van der Waals surface area contributed by atoms with Gasteiger partial charge >= 0.3 is 0 Å². The summed E-state index contributed by atoms with van der Waals surface area (Å²) in [6.45, 7) is 2.02. The molecule has 17 heavy (non-hydrogen) atoms. The SMILES string of the molecule is Cc1ccn2c(-c3ccncc3N)nnc2c1. The van der Waals surface area contributed by atoms with Crippen LogP contribution in [0.25, 0.3) is 17.0 Å². The van der Waals surface area contributed by atoms with Crippen LogP contribution in [0.2, 0.25) is 0 Å². The van der Waals surface area contributed by atoms with Crippen LogP contribution in [-0.2, 0) is 0 Å². The molecule has 0 amide bonds. The van der Waals surface area contributed by atoms with E-state index in [0.717, 1.165) is 22.6 Å². The summed E-state index contributed by atoms with van der Waals surface area (Å²) in [5, 5.41) is 8.31. The molecule has 3 aromatic rings. The smallest absolute Gasteiger partial charge is 0.170 e. The van der Waals surface area contributed by atoms with Crippen molar-refractivity contribution in [2.75, 3.05) is 5.73 Å². The Morgan fingerprint density at radius 1 is 1.24 bits per heavy atom. The van der Waals surface area contributed by atoms with E-state index in [9.17, 15) is 0 Å². The molecule has 0 unspecified atom stereocenters. The Bertz CT molecular complexity index is 686. The van der Waals surface area contributed by atoms with Crippen molar-refractivity contribution in [2.45, 2.75) is 6.92 Å². The topological polar surface area (TPSA) is 69.1 Å². The zero-order chi connectivity index (χ0) is 11.8. The predicted octanol–water partition coefficient (Wildman–Crippen LogP) is 1.68. The van der Waals surface area contributed by atoms with Crippen molar-refractivity contribution in [2.24, 2.45) is 0 Å². The fraction of sp³-hybridized carbons (Fsp3) is 0.0833. The van der Waals surface area contributed by atoms with E-state index in [-0.39, 0.29) is 0 Å². The first kappa shape index (κ1) is 9.77. The normalized spacial score (nSPS) is 10.9. The van der Waals surface area contributed by atoms with E-state index in [1.165, 1.54) is 0 Å². The molecule has 5 heteroatoms. The Kier molecular flexibility index (Phi) is 2.04. The summed E-state index contributed by atoms with van der Waals surface area (Å²) in [5.74, 6) is 0.736. The van der Waals surface area contributed by atoms with Crippen molar-refractivity contribution < 1.29 is 0 Å². The highest BCUT2D eigenvalue weighted by Gasteiger charge is 2.10. The van der Waals surface area contributed by atoms with Gasteiger partial charge in [-0.1, -0.05) is 0 Å². The minimum Gasteiger partial charge on any atom is -0.397 e. The van der Waals surface area contributed by atoms with Gasteiger partial charge in [0, 0.05) is 18.0 Å². The Morgan fingerprint density at radius 3 is 2.94 bits per heavy atom. The number of aromatic nitrogens is 4. The zero-order valence-electron chi connectivity index (χ0n) is 9.33. The number of nitrogens with two attached hydrogens (primary N) is 1. The van der Waals surface area contributed by atoms with Gasteiger partial charge in [-0.15, -0.1) is 10.2 Å². The van der Waals surface area contributed by atoms with Crippen LogP contribution in [0.5, 0.6) is 0 Å². The highest BCUT2D eigenvalue weighted by Crippen LogP contribution is 2.23. The summed E-state index contributed by atoms with van der Waals surface area (Å²) in [6.07, 6.45) is 5.26. The fourth-order valence-corrected chi connectivity index (χ4v) is 1.79. The van der Waals surface area contributed by atoms with E-state index in [2.05, 4.69) is 15.2 Å². The molecule has 0 atom stereocenters. The van der Waals surface area contributed by atoms with Crippen molar-refractivity contribution in [3.8, 4) is 11.4 Å².